The number of rotatable bonds is 3. The molecule has 0 aliphatic rings. The van der Waals surface area contributed by atoms with E-state index < -0.39 is 38.5 Å². The summed E-state index contributed by atoms with van der Waals surface area (Å²) in [4.78, 5) is 21.3. The van der Waals surface area contributed by atoms with Crippen molar-refractivity contribution in [2.45, 2.75) is 4.90 Å². The first-order chi connectivity index (χ1) is 9.07. The van der Waals surface area contributed by atoms with Crippen LogP contribution in [-0.2, 0) is 10.1 Å². The van der Waals surface area contributed by atoms with Crippen molar-refractivity contribution in [1.82, 2.24) is 0 Å². The highest BCUT2D eigenvalue weighted by Crippen LogP contribution is 2.33. The van der Waals surface area contributed by atoms with Crippen molar-refractivity contribution in [3.63, 3.8) is 0 Å². The fourth-order valence-electron chi connectivity index (χ4n) is 1.31. The Balaban J connectivity index is 3.70. The molecule has 12 heteroatoms. The molecule has 9 N–H and O–H groups in total. The molecule has 0 aliphatic heterocycles. The summed E-state index contributed by atoms with van der Waals surface area (Å²) >= 11 is 0. The third-order valence-corrected chi connectivity index (χ3v) is 3.03. The number of nitrogens with zero attached hydrogens (tertiary/aromatic N) is 2. The third kappa shape index (κ3) is 2.94. The van der Waals surface area contributed by atoms with E-state index in [1.54, 1.807) is 0 Å². The van der Waals surface area contributed by atoms with Crippen LogP contribution in [0.25, 0.3) is 0 Å². The van der Waals surface area contributed by atoms with Crippen LogP contribution in [0.4, 0.5) is 21.0 Å². The minimum Gasteiger partial charge on any atom is -0.350 e. The normalized spacial score (nSPS) is 10.9. The van der Waals surface area contributed by atoms with Gasteiger partial charge in [0.1, 0.15) is 10.6 Å². The van der Waals surface area contributed by atoms with Gasteiger partial charge in [-0.25, -0.2) is 31.3 Å². The van der Waals surface area contributed by atoms with Gasteiger partial charge < -0.3 is 11.5 Å². The SMILES string of the molecule is NC(=O)N(N)c1c[c]cc(S(=O)(=O)O)c1N(N)C(N)=O. The van der Waals surface area contributed by atoms with E-state index in [4.69, 9.17) is 27.7 Å². The topological polar surface area (TPSA) is 199 Å². The summed E-state index contributed by atoms with van der Waals surface area (Å²) in [5, 5.41) is 0.498. The van der Waals surface area contributed by atoms with Gasteiger partial charge in [0.2, 0.25) is 0 Å². The van der Waals surface area contributed by atoms with Crippen molar-refractivity contribution in [2.24, 2.45) is 23.2 Å². The van der Waals surface area contributed by atoms with Gasteiger partial charge in [0.15, 0.2) is 0 Å². The molecule has 0 atom stereocenters. The Labute approximate surface area is 113 Å². The molecule has 0 aromatic heterocycles. The van der Waals surface area contributed by atoms with Gasteiger partial charge in [0.25, 0.3) is 10.1 Å². The maximum absolute atomic E-state index is 11.3. The minimum absolute atomic E-state index is 0.190. The van der Waals surface area contributed by atoms with Gasteiger partial charge in [-0.2, -0.15) is 8.42 Å². The maximum atomic E-state index is 11.3. The molecule has 0 unspecified atom stereocenters. The van der Waals surface area contributed by atoms with Gasteiger partial charge in [-0.15, -0.1) is 0 Å². The molecule has 11 nitrogen and oxygen atoms in total. The molecule has 0 heterocycles. The van der Waals surface area contributed by atoms with Gasteiger partial charge in [-0.05, 0) is 18.2 Å². The van der Waals surface area contributed by atoms with Crippen molar-refractivity contribution < 1.29 is 22.6 Å². The average Bonchev–Trinajstić information content (AvgIpc) is 2.34. The van der Waals surface area contributed by atoms with E-state index in [1.165, 1.54) is 0 Å². The lowest BCUT2D eigenvalue weighted by atomic mass is 10.2. The second-order valence-corrected chi connectivity index (χ2v) is 4.83. The number of hydrogen-bond acceptors (Lipinski definition) is 6. The Morgan fingerprint density at radius 2 is 1.60 bits per heavy atom. The molecule has 1 aromatic rings. The molecule has 0 saturated carbocycles. The molecular formula is C8H11N6O5S. The van der Waals surface area contributed by atoms with Gasteiger partial charge in [-0.1, -0.05) is 0 Å². The third-order valence-electron chi connectivity index (χ3n) is 2.16. The monoisotopic (exact) mass is 303 g/mol. The standard InChI is InChI=1S/C8H11N6O5S/c9-7(15)13(11)4-2-1-3-5(20(17,18)19)6(4)14(12)8(10)16/h2-3H,11-12H2,(H2,9,15)(H2,10,16)(H,17,18,19). The number of amides is 4. The second-order valence-electron chi connectivity index (χ2n) is 3.44. The zero-order chi connectivity index (χ0) is 15.7. The molecule has 0 spiro atoms. The van der Waals surface area contributed by atoms with Crippen LogP contribution in [0, 0.1) is 6.07 Å². The molecule has 1 aromatic carbocycles. The molecule has 0 fully saturated rings. The van der Waals surface area contributed by atoms with E-state index in [2.05, 4.69) is 6.07 Å². The fraction of sp³-hybridized carbons (Fsp3) is 0. The van der Waals surface area contributed by atoms with Gasteiger partial charge in [-0.3, -0.25) is 4.55 Å². The summed E-state index contributed by atoms with van der Waals surface area (Å²) in [6, 6.07) is 1.70. The summed E-state index contributed by atoms with van der Waals surface area (Å²) in [5.74, 6) is 10.6. The van der Waals surface area contributed by atoms with E-state index in [9.17, 15) is 18.0 Å². The van der Waals surface area contributed by atoms with Crippen molar-refractivity contribution in [3.8, 4) is 0 Å². The fourth-order valence-corrected chi connectivity index (χ4v) is 1.97. The molecule has 0 aliphatic carbocycles. The molecular weight excluding hydrogens is 292 g/mol. The van der Waals surface area contributed by atoms with Gasteiger partial charge >= 0.3 is 12.1 Å². The van der Waals surface area contributed by atoms with E-state index in [0.717, 1.165) is 12.1 Å². The number of benzene rings is 1. The maximum Gasteiger partial charge on any atom is 0.333 e. The molecule has 0 bridgehead atoms. The predicted octanol–water partition coefficient (Wildman–Crippen LogP) is -1.75. The largest absolute Gasteiger partial charge is 0.350 e. The Hall–Kier alpha value is -2.41. The Kier molecular flexibility index (Phi) is 4.14. The molecule has 1 rings (SSSR count). The van der Waals surface area contributed by atoms with Crippen molar-refractivity contribution in [3.05, 3.63) is 18.2 Å². The molecule has 0 saturated heterocycles. The number of nitrogens with two attached hydrogens (primary N) is 4. The van der Waals surface area contributed by atoms with Gasteiger partial charge in [0, 0.05) is 0 Å². The van der Waals surface area contributed by atoms with Crippen LogP contribution in [-0.4, -0.2) is 25.0 Å². The van der Waals surface area contributed by atoms with Crippen LogP contribution in [0.15, 0.2) is 17.0 Å². The smallest absolute Gasteiger partial charge is 0.333 e. The lowest BCUT2D eigenvalue weighted by molar-refractivity contribution is 0.252. The van der Waals surface area contributed by atoms with Crippen molar-refractivity contribution in [2.75, 3.05) is 10.0 Å². The average molecular weight is 303 g/mol. The lowest BCUT2D eigenvalue weighted by Gasteiger charge is -2.23. The first kappa shape index (κ1) is 15.6. The zero-order valence-corrected chi connectivity index (χ0v) is 10.7. The van der Waals surface area contributed by atoms with E-state index >= 15 is 0 Å². The molecule has 4 amide bonds. The van der Waals surface area contributed by atoms with E-state index in [-0.39, 0.29) is 5.01 Å². The molecule has 1 radical (unpaired) electrons. The van der Waals surface area contributed by atoms with Gasteiger partial charge in [0.05, 0.1) is 5.69 Å². The Morgan fingerprint density at radius 1 is 1.10 bits per heavy atom. The number of primary amides is 2. The Morgan fingerprint density at radius 3 is 2.00 bits per heavy atom. The predicted molar refractivity (Wildman–Crippen MR) is 67.6 cm³/mol. The first-order valence-corrected chi connectivity index (χ1v) is 6.21. The summed E-state index contributed by atoms with van der Waals surface area (Å²) in [6.45, 7) is 0. The number of hydrogen-bond donors (Lipinski definition) is 5. The quantitative estimate of drug-likeness (QED) is 0.188. The summed E-state index contributed by atoms with van der Waals surface area (Å²) in [6.07, 6.45) is 0. The van der Waals surface area contributed by atoms with Crippen LogP contribution in [0.3, 0.4) is 0 Å². The summed E-state index contributed by atoms with van der Waals surface area (Å²) < 4.78 is 31.6. The van der Waals surface area contributed by atoms with Crippen LogP contribution in [0.5, 0.6) is 0 Å². The lowest BCUT2D eigenvalue weighted by Crippen LogP contribution is -2.46. The van der Waals surface area contributed by atoms with E-state index in [0.29, 0.717) is 5.01 Å². The first-order valence-electron chi connectivity index (χ1n) is 4.77. The number of carbonyl (C=O) groups excluding carboxylic acids is 2. The van der Waals surface area contributed by atoms with Crippen LogP contribution in [0.2, 0.25) is 0 Å². The van der Waals surface area contributed by atoms with Crippen LogP contribution in [0.1, 0.15) is 0 Å². The zero-order valence-electron chi connectivity index (χ0n) is 9.85. The highest BCUT2D eigenvalue weighted by atomic mass is 32.2. The summed E-state index contributed by atoms with van der Waals surface area (Å²) in [7, 11) is -4.79. The summed E-state index contributed by atoms with van der Waals surface area (Å²) in [5.41, 5.74) is 8.84. The van der Waals surface area contributed by atoms with Crippen molar-refractivity contribution >= 4 is 33.6 Å². The minimum atomic E-state index is -4.79. The second kappa shape index (κ2) is 5.30. The highest BCUT2D eigenvalue weighted by molar-refractivity contribution is 7.86. The van der Waals surface area contributed by atoms with Crippen molar-refractivity contribution in [1.29, 1.82) is 0 Å². The number of hydrazine groups is 2. The Bertz CT molecular complexity index is 659. The molecule has 109 valence electrons. The van der Waals surface area contributed by atoms with Crippen LogP contribution >= 0.6 is 0 Å². The number of anilines is 2. The van der Waals surface area contributed by atoms with E-state index in [1.807, 2.05) is 0 Å². The number of carbonyl (C=O) groups is 2. The highest BCUT2D eigenvalue weighted by Gasteiger charge is 2.27. The molecule has 20 heavy (non-hydrogen) atoms. The van der Waals surface area contributed by atoms with Crippen LogP contribution < -0.4 is 33.2 Å². The number of urea groups is 2.